The molecule has 0 radical (unpaired) electrons. The van der Waals surface area contributed by atoms with Crippen LogP contribution in [0.4, 0.5) is 5.69 Å². The third-order valence-corrected chi connectivity index (χ3v) is 4.93. The fourth-order valence-corrected chi connectivity index (χ4v) is 3.59. The van der Waals surface area contributed by atoms with E-state index in [1.165, 1.54) is 5.56 Å². The fourth-order valence-electron chi connectivity index (χ4n) is 3.59. The van der Waals surface area contributed by atoms with E-state index in [2.05, 4.69) is 27.8 Å². The summed E-state index contributed by atoms with van der Waals surface area (Å²) in [5.41, 5.74) is 3.59. The summed E-state index contributed by atoms with van der Waals surface area (Å²) >= 11 is 0. The molecule has 1 N–H and O–H groups in total. The van der Waals surface area contributed by atoms with Crippen molar-refractivity contribution in [1.82, 2.24) is 9.88 Å². The number of ether oxygens (including phenoxy) is 1. The number of hydrogen-bond donors (Lipinski definition) is 1. The first-order chi connectivity index (χ1) is 12.7. The maximum absolute atomic E-state index is 12.5. The average Bonchev–Trinajstić information content (AvgIpc) is 2.67. The van der Waals surface area contributed by atoms with Crippen molar-refractivity contribution in [3.05, 3.63) is 35.5 Å². The summed E-state index contributed by atoms with van der Waals surface area (Å²) in [5, 5.41) is 10.2. The maximum Gasteiger partial charge on any atom is 0.341 e. The summed E-state index contributed by atoms with van der Waals surface area (Å²) in [4.78, 5) is 21.6. The van der Waals surface area contributed by atoms with Crippen molar-refractivity contribution in [3.63, 3.8) is 0 Å². The Bertz CT molecular complexity index is 770. The Morgan fingerprint density at radius 3 is 2.65 bits per heavy atom. The van der Waals surface area contributed by atoms with Gasteiger partial charge in [-0.15, -0.1) is 0 Å². The first-order valence-electron chi connectivity index (χ1n) is 9.35. The van der Waals surface area contributed by atoms with Crippen molar-refractivity contribution < 1.29 is 14.6 Å². The molecule has 6 heteroatoms. The lowest BCUT2D eigenvalue weighted by molar-refractivity contribution is 0.0526. The second-order valence-corrected chi connectivity index (χ2v) is 6.46. The summed E-state index contributed by atoms with van der Waals surface area (Å²) in [5.74, 6) is -0.323. The quantitative estimate of drug-likeness (QED) is 0.799. The van der Waals surface area contributed by atoms with Crippen LogP contribution in [0.25, 0.3) is 10.9 Å². The van der Waals surface area contributed by atoms with E-state index >= 15 is 0 Å². The van der Waals surface area contributed by atoms with Crippen molar-refractivity contribution in [3.8, 4) is 0 Å². The summed E-state index contributed by atoms with van der Waals surface area (Å²) < 4.78 is 5.28. The predicted molar refractivity (Wildman–Crippen MR) is 103 cm³/mol. The Labute approximate surface area is 154 Å². The van der Waals surface area contributed by atoms with Gasteiger partial charge in [-0.3, -0.25) is 9.88 Å². The highest BCUT2D eigenvalue weighted by Gasteiger charge is 2.25. The minimum Gasteiger partial charge on any atom is -0.462 e. The Morgan fingerprint density at radius 1 is 1.23 bits per heavy atom. The van der Waals surface area contributed by atoms with Gasteiger partial charge in [-0.25, -0.2) is 4.79 Å². The number of esters is 1. The van der Waals surface area contributed by atoms with E-state index in [9.17, 15) is 4.79 Å². The van der Waals surface area contributed by atoms with Crippen LogP contribution in [0.15, 0.2) is 24.4 Å². The molecule has 26 heavy (non-hydrogen) atoms. The fraction of sp³-hybridized carbons (Fsp3) is 0.500. The molecule has 0 amide bonds. The zero-order valence-corrected chi connectivity index (χ0v) is 15.6. The Hall–Kier alpha value is -2.18. The number of hydrogen-bond acceptors (Lipinski definition) is 6. The number of aryl methyl sites for hydroxylation is 1. The highest BCUT2D eigenvalue weighted by molar-refractivity contribution is 6.06. The van der Waals surface area contributed by atoms with Gasteiger partial charge in [0, 0.05) is 44.3 Å². The monoisotopic (exact) mass is 357 g/mol. The highest BCUT2D eigenvalue weighted by Crippen LogP contribution is 2.32. The first-order valence-corrected chi connectivity index (χ1v) is 9.35. The van der Waals surface area contributed by atoms with Gasteiger partial charge < -0.3 is 14.7 Å². The molecular weight excluding hydrogens is 330 g/mol. The van der Waals surface area contributed by atoms with Crippen LogP contribution < -0.4 is 4.90 Å². The maximum atomic E-state index is 12.5. The number of para-hydroxylation sites is 1. The lowest BCUT2D eigenvalue weighted by Crippen LogP contribution is -2.47. The summed E-state index contributed by atoms with van der Waals surface area (Å²) in [6.45, 7) is 8.47. The van der Waals surface area contributed by atoms with E-state index in [0.29, 0.717) is 18.7 Å². The lowest BCUT2D eigenvalue weighted by Gasteiger charge is -2.37. The molecular formula is C20H27N3O3. The van der Waals surface area contributed by atoms with Gasteiger partial charge in [0.15, 0.2) is 0 Å². The number of aromatic nitrogens is 1. The Morgan fingerprint density at radius 2 is 2.00 bits per heavy atom. The number of pyridine rings is 1. The van der Waals surface area contributed by atoms with Crippen molar-refractivity contribution in [2.24, 2.45) is 0 Å². The molecule has 1 saturated heterocycles. The average molecular weight is 357 g/mol. The number of nitrogens with zero attached hydrogens (tertiary/aromatic N) is 3. The minimum absolute atomic E-state index is 0.173. The van der Waals surface area contributed by atoms with Crippen LogP contribution in [0.3, 0.4) is 0 Å². The molecule has 0 unspecified atom stereocenters. The number of carbonyl (C=O) groups excluding carboxylic acids is 1. The standard InChI is InChI=1S/C20H27N3O3/c1-3-15-6-5-7-16-18(15)21-14-17(20(25)26-4-2)19(16)23-10-8-22(9-11-23)12-13-24/h5-7,14,24H,3-4,8-13H2,1-2H3. The highest BCUT2D eigenvalue weighted by atomic mass is 16.5. The molecule has 1 aliphatic heterocycles. The molecule has 6 nitrogen and oxygen atoms in total. The van der Waals surface area contributed by atoms with Crippen molar-refractivity contribution in [1.29, 1.82) is 0 Å². The molecule has 1 aliphatic rings. The van der Waals surface area contributed by atoms with Gasteiger partial charge in [-0.1, -0.05) is 25.1 Å². The zero-order chi connectivity index (χ0) is 18.5. The molecule has 0 bridgehead atoms. The molecule has 0 aliphatic carbocycles. The van der Waals surface area contributed by atoms with Gasteiger partial charge >= 0.3 is 5.97 Å². The van der Waals surface area contributed by atoms with Gasteiger partial charge in [0.2, 0.25) is 0 Å². The van der Waals surface area contributed by atoms with Crippen LogP contribution in [0.2, 0.25) is 0 Å². The van der Waals surface area contributed by atoms with Crippen LogP contribution in [0, 0.1) is 0 Å². The first kappa shape index (κ1) is 18.6. The largest absolute Gasteiger partial charge is 0.462 e. The van der Waals surface area contributed by atoms with Crippen LogP contribution in [0.5, 0.6) is 0 Å². The molecule has 1 fully saturated rings. The summed E-state index contributed by atoms with van der Waals surface area (Å²) in [7, 11) is 0. The lowest BCUT2D eigenvalue weighted by atomic mass is 10.0. The molecule has 1 aromatic heterocycles. The van der Waals surface area contributed by atoms with Gasteiger partial charge in [-0.2, -0.15) is 0 Å². The van der Waals surface area contributed by atoms with E-state index in [-0.39, 0.29) is 12.6 Å². The number of carbonyl (C=O) groups is 1. The molecule has 2 aromatic rings. The number of piperazine rings is 1. The van der Waals surface area contributed by atoms with E-state index in [1.807, 2.05) is 19.1 Å². The zero-order valence-electron chi connectivity index (χ0n) is 15.6. The molecule has 0 atom stereocenters. The van der Waals surface area contributed by atoms with E-state index in [4.69, 9.17) is 9.84 Å². The number of aliphatic hydroxyl groups excluding tert-OH is 1. The molecule has 3 rings (SSSR count). The number of β-amino-alcohol motifs (C(OH)–C–C–N with tert-alkyl or cyclic N) is 1. The molecule has 140 valence electrons. The SMILES string of the molecule is CCOC(=O)c1cnc2c(CC)cccc2c1N1CCN(CCO)CC1. The van der Waals surface area contributed by atoms with E-state index in [0.717, 1.165) is 49.2 Å². The smallest absolute Gasteiger partial charge is 0.341 e. The molecule has 0 spiro atoms. The van der Waals surface area contributed by atoms with Crippen LogP contribution >= 0.6 is 0 Å². The number of aliphatic hydroxyl groups is 1. The molecule has 2 heterocycles. The van der Waals surface area contributed by atoms with Crippen molar-refractivity contribution >= 4 is 22.6 Å². The Balaban J connectivity index is 2.05. The minimum atomic E-state index is -0.323. The van der Waals surface area contributed by atoms with Crippen LogP contribution in [-0.4, -0.2) is 66.9 Å². The second kappa shape index (κ2) is 8.47. The van der Waals surface area contributed by atoms with Crippen LogP contribution in [-0.2, 0) is 11.2 Å². The number of anilines is 1. The Kier molecular flexibility index (Phi) is 6.06. The van der Waals surface area contributed by atoms with Gasteiger partial charge in [0.1, 0.15) is 5.56 Å². The summed E-state index contributed by atoms with van der Waals surface area (Å²) in [6, 6.07) is 6.16. The van der Waals surface area contributed by atoms with Crippen LogP contribution in [0.1, 0.15) is 29.8 Å². The van der Waals surface area contributed by atoms with Gasteiger partial charge in [-0.05, 0) is 18.9 Å². The summed E-state index contributed by atoms with van der Waals surface area (Å²) in [6.07, 6.45) is 2.56. The van der Waals surface area contributed by atoms with Crippen molar-refractivity contribution in [2.45, 2.75) is 20.3 Å². The topological polar surface area (TPSA) is 65.9 Å². The second-order valence-electron chi connectivity index (χ2n) is 6.46. The number of rotatable bonds is 6. The molecule has 1 aromatic carbocycles. The molecule has 0 saturated carbocycles. The third kappa shape index (κ3) is 3.66. The third-order valence-electron chi connectivity index (χ3n) is 4.93. The van der Waals surface area contributed by atoms with E-state index in [1.54, 1.807) is 6.20 Å². The van der Waals surface area contributed by atoms with Gasteiger partial charge in [0.25, 0.3) is 0 Å². The number of fused-ring (bicyclic) bond motifs is 1. The number of benzene rings is 1. The van der Waals surface area contributed by atoms with E-state index < -0.39 is 0 Å². The van der Waals surface area contributed by atoms with Crippen molar-refractivity contribution in [2.75, 3.05) is 50.8 Å². The predicted octanol–water partition coefficient (Wildman–Crippen LogP) is 2.09. The normalized spacial score (nSPS) is 15.4. The van der Waals surface area contributed by atoms with Gasteiger partial charge in [0.05, 0.1) is 24.4 Å².